The van der Waals surface area contributed by atoms with E-state index in [1.165, 1.54) is 3.11 Å². The molecule has 1 saturated heterocycles. The number of hydrogen-bond donors (Lipinski definition) is 0. The lowest BCUT2D eigenvalue weighted by molar-refractivity contribution is -0.124. The first-order valence-corrected chi connectivity index (χ1v) is 3.84. The van der Waals surface area contributed by atoms with Crippen molar-refractivity contribution in [3.8, 4) is 12.3 Å². The van der Waals surface area contributed by atoms with Crippen molar-refractivity contribution in [3.05, 3.63) is 0 Å². The summed E-state index contributed by atoms with van der Waals surface area (Å²) in [6.45, 7) is 0.193. The highest BCUT2D eigenvalue weighted by Crippen LogP contribution is 2.13. The molecule has 0 atom stereocenters. The van der Waals surface area contributed by atoms with Gasteiger partial charge in [-0.3, -0.25) is 12.8 Å². The molecule has 0 aromatic carbocycles. The number of carbonyl (C=O) groups is 2. The lowest BCUT2D eigenvalue weighted by Gasteiger charge is -2.07. The number of urea groups is 1. The van der Waals surface area contributed by atoms with Crippen molar-refractivity contribution in [3.63, 3.8) is 0 Å². The predicted molar refractivity (Wildman–Crippen MR) is 46.7 cm³/mol. The molecular weight excluding hydrogens is 259 g/mol. The molecule has 0 bridgehead atoms. The number of imide groups is 1. The topological polar surface area (TPSA) is 40.6 Å². The SMILES string of the molecule is C#CCN1C(=O)CN(I)C1=O. The van der Waals surface area contributed by atoms with Gasteiger partial charge in [0.05, 0.1) is 29.4 Å². The molecule has 4 nitrogen and oxygen atoms in total. The summed E-state index contributed by atoms with van der Waals surface area (Å²) < 4.78 is 1.30. The normalized spacial score (nSPS) is 17.5. The van der Waals surface area contributed by atoms with E-state index in [0.29, 0.717) is 0 Å². The molecule has 0 N–H and O–H groups in total. The third-order valence-electron chi connectivity index (χ3n) is 1.26. The van der Waals surface area contributed by atoms with Crippen LogP contribution in [0.25, 0.3) is 0 Å². The van der Waals surface area contributed by atoms with Gasteiger partial charge in [-0.1, -0.05) is 5.92 Å². The van der Waals surface area contributed by atoms with E-state index in [2.05, 4.69) is 5.92 Å². The highest BCUT2D eigenvalue weighted by atomic mass is 127. The van der Waals surface area contributed by atoms with Crippen molar-refractivity contribution < 1.29 is 9.59 Å². The van der Waals surface area contributed by atoms with Gasteiger partial charge < -0.3 is 0 Å². The second-order valence-corrected chi connectivity index (χ2v) is 3.15. The first-order valence-electron chi connectivity index (χ1n) is 2.88. The zero-order valence-electron chi connectivity index (χ0n) is 5.58. The van der Waals surface area contributed by atoms with E-state index in [1.54, 1.807) is 22.9 Å². The first kappa shape index (κ1) is 8.33. The van der Waals surface area contributed by atoms with Crippen LogP contribution in [-0.2, 0) is 4.79 Å². The van der Waals surface area contributed by atoms with Crippen LogP contribution in [0.15, 0.2) is 0 Å². The van der Waals surface area contributed by atoms with Gasteiger partial charge in [-0.05, 0) is 0 Å². The molecule has 0 aromatic heterocycles. The molecule has 1 aliphatic rings. The third-order valence-corrected chi connectivity index (χ3v) is 2.02. The Labute approximate surface area is 78.0 Å². The zero-order valence-corrected chi connectivity index (χ0v) is 7.74. The van der Waals surface area contributed by atoms with Gasteiger partial charge in [0, 0.05) is 0 Å². The molecule has 1 heterocycles. The van der Waals surface area contributed by atoms with E-state index in [0.717, 1.165) is 4.90 Å². The predicted octanol–water partition coefficient (Wildman–Crippen LogP) is 0.234. The summed E-state index contributed by atoms with van der Waals surface area (Å²) in [6, 6.07) is -0.325. The van der Waals surface area contributed by atoms with E-state index < -0.39 is 0 Å². The van der Waals surface area contributed by atoms with Gasteiger partial charge in [-0.25, -0.2) is 4.79 Å². The number of terminal acetylenes is 1. The van der Waals surface area contributed by atoms with Crippen LogP contribution in [0, 0.1) is 12.3 Å². The number of amides is 3. The highest BCUT2D eigenvalue weighted by molar-refractivity contribution is 14.1. The maximum Gasteiger partial charge on any atom is 0.336 e. The van der Waals surface area contributed by atoms with Gasteiger partial charge in [-0.2, -0.15) is 0 Å². The Morgan fingerprint density at radius 2 is 2.27 bits per heavy atom. The minimum Gasteiger partial charge on any atom is -0.272 e. The number of rotatable bonds is 1. The van der Waals surface area contributed by atoms with Gasteiger partial charge >= 0.3 is 6.03 Å². The van der Waals surface area contributed by atoms with Crippen molar-refractivity contribution in [2.75, 3.05) is 13.1 Å². The fourth-order valence-electron chi connectivity index (χ4n) is 0.756. The second kappa shape index (κ2) is 3.09. The monoisotopic (exact) mass is 264 g/mol. The zero-order chi connectivity index (χ0) is 8.43. The molecule has 58 valence electrons. The Hall–Kier alpha value is -0.770. The summed E-state index contributed by atoms with van der Waals surface area (Å²) in [6.07, 6.45) is 4.96. The van der Waals surface area contributed by atoms with Crippen molar-refractivity contribution in [1.82, 2.24) is 8.01 Å². The van der Waals surface area contributed by atoms with Crippen LogP contribution < -0.4 is 0 Å². The van der Waals surface area contributed by atoms with Gasteiger partial charge in [0.15, 0.2) is 0 Å². The molecule has 0 saturated carbocycles. The van der Waals surface area contributed by atoms with Crippen LogP contribution in [0.1, 0.15) is 0 Å². The summed E-state index contributed by atoms with van der Waals surface area (Å²) in [4.78, 5) is 23.0. The van der Waals surface area contributed by atoms with Gasteiger partial charge in [0.1, 0.15) is 6.54 Å². The van der Waals surface area contributed by atoms with Crippen LogP contribution in [0.5, 0.6) is 0 Å². The molecular formula is C6H5IN2O2. The molecule has 3 amide bonds. The average molecular weight is 264 g/mol. The summed E-state index contributed by atoms with van der Waals surface area (Å²) in [5.41, 5.74) is 0. The highest BCUT2D eigenvalue weighted by Gasteiger charge is 2.33. The fraction of sp³-hybridized carbons (Fsp3) is 0.333. The Morgan fingerprint density at radius 3 is 2.64 bits per heavy atom. The Bertz CT molecular complexity index is 245. The molecule has 0 unspecified atom stereocenters. The van der Waals surface area contributed by atoms with Crippen molar-refractivity contribution in [2.45, 2.75) is 0 Å². The summed E-state index contributed by atoms with van der Waals surface area (Å²) in [5, 5.41) is 0. The standard InChI is InChI=1S/C6H5IN2O2/c1-2-3-8-5(10)4-9(7)6(8)11/h1H,3-4H2. The molecule has 0 aliphatic carbocycles. The van der Waals surface area contributed by atoms with Crippen molar-refractivity contribution in [1.29, 1.82) is 0 Å². The van der Waals surface area contributed by atoms with Crippen LogP contribution in [0.4, 0.5) is 4.79 Å². The Kier molecular flexibility index (Phi) is 2.34. The second-order valence-electron chi connectivity index (χ2n) is 1.99. The molecule has 11 heavy (non-hydrogen) atoms. The van der Waals surface area contributed by atoms with Crippen LogP contribution in [0.2, 0.25) is 0 Å². The number of nitrogens with zero attached hydrogens (tertiary/aromatic N) is 2. The first-order chi connectivity index (χ1) is 5.16. The average Bonchev–Trinajstić information content (AvgIpc) is 2.17. The van der Waals surface area contributed by atoms with Crippen LogP contribution in [-0.4, -0.2) is 33.0 Å². The summed E-state index contributed by atoms with van der Waals surface area (Å²) >= 11 is 1.78. The number of hydrogen-bond acceptors (Lipinski definition) is 2. The number of carbonyl (C=O) groups excluding carboxylic acids is 2. The molecule has 1 rings (SSSR count). The van der Waals surface area contributed by atoms with Crippen molar-refractivity contribution >= 4 is 34.8 Å². The molecule has 1 aliphatic heterocycles. The quantitative estimate of drug-likeness (QED) is 0.294. The largest absolute Gasteiger partial charge is 0.336 e. The van der Waals surface area contributed by atoms with Crippen molar-refractivity contribution in [2.24, 2.45) is 0 Å². The summed E-state index contributed by atoms with van der Waals surface area (Å²) in [5.74, 6) is 2.01. The number of halogens is 1. The lowest BCUT2D eigenvalue weighted by atomic mass is 10.5. The van der Waals surface area contributed by atoms with E-state index in [4.69, 9.17) is 6.42 Å². The third kappa shape index (κ3) is 1.45. The van der Waals surface area contributed by atoms with Gasteiger partial charge in [0.25, 0.3) is 5.91 Å². The Morgan fingerprint density at radius 1 is 1.64 bits per heavy atom. The molecule has 1 fully saturated rings. The maximum absolute atomic E-state index is 11.0. The van der Waals surface area contributed by atoms with Gasteiger partial charge in [0.2, 0.25) is 0 Å². The fourth-order valence-corrected chi connectivity index (χ4v) is 1.31. The van der Waals surface area contributed by atoms with E-state index >= 15 is 0 Å². The smallest absolute Gasteiger partial charge is 0.272 e. The minimum absolute atomic E-state index is 0.0666. The van der Waals surface area contributed by atoms with Gasteiger partial charge in [-0.15, -0.1) is 6.42 Å². The van der Waals surface area contributed by atoms with Crippen LogP contribution in [0.3, 0.4) is 0 Å². The van der Waals surface area contributed by atoms with E-state index in [9.17, 15) is 9.59 Å². The maximum atomic E-state index is 11.0. The van der Waals surface area contributed by atoms with E-state index in [-0.39, 0.29) is 25.0 Å². The van der Waals surface area contributed by atoms with E-state index in [1.807, 2.05) is 0 Å². The molecule has 0 spiro atoms. The van der Waals surface area contributed by atoms with Crippen LogP contribution >= 0.6 is 22.9 Å². The Balaban J connectivity index is 2.73. The minimum atomic E-state index is -0.325. The lowest BCUT2D eigenvalue weighted by Crippen LogP contribution is -2.30. The molecule has 5 heteroatoms. The molecule has 0 aromatic rings. The summed E-state index contributed by atoms with van der Waals surface area (Å²) in [7, 11) is 0. The molecule has 0 radical (unpaired) electrons.